The van der Waals surface area contributed by atoms with Crippen LogP contribution in [0.5, 0.6) is 0 Å². The summed E-state index contributed by atoms with van der Waals surface area (Å²) in [5.41, 5.74) is 1.23. The molecule has 1 aromatic rings. The molecule has 0 saturated heterocycles. The van der Waals surface area contributed by atoms with Gasteiger partial charge in [-0.15, -0.1) is 0 Å². The Kier molecular flexibility index (Phi) is 3.67. The van der Waals surface area contributed by atoms with Crippen LogP contribution in [-0.2, 0) is 4.79 Å². The molecule has 7 nitrogen and oxygen atoms in total. The summed E-state index contributed by atoms with van der Waals surface area (Å²) in [6, 6.07) is 4.23. The van der Waals surface area contributed by atoms with Crippen LogP contribution in [0.25, 0.3) is 0 Å². The lowest BCUT2D eigenvalue weighted by molar-refractivity contribution is -0.384. The molecule has 0 radical (unpaired) electrons. The zero-order valence-corrected chi connectivity index (χ0v) is 14.3. The average Bonchev–Trinajstić information content (AvgIpc) is 3.20. The SMILES string of the molecule is CC(C)C1C(=O)N=C2c3cc([N+](=O)[O-])ccc3N=C(C3CCCC3)N21. The quantitative estimate of drug-likeness (QED) is 0.623. The Morgan fingerprint density at radius 3 is 2.60 bits per heavy atom. The molecule has 7 heteroatoms. The van der Waals surface area contributed by atoms with Crippen LogP contribution in [0.3, 0.4) is 0 Å². The first kappa shape index (κ1) is 15.9. The van der Waals surface area contributed by atoms with Crippen molar-refractivity contribution in [1.82, 2.24) is 4.90 Å². The number of nitro groups is 1. The maximum atomic E-state index is 12.6. The van der Waals surface area contributed by atoms with Crippen molar-refractivity contribution in [1.29, 1.82) is 0 Å². The van der Waals surface area contributed by atoms with E-state index in [2.05, 4.69) is 4.99 Å². The van der Waals surface area contributed by atoms with Gasteiger partial charge in [-0.3, -0.25) is 14.9 Å². The largest absolute Gasteiger partial charge is 0.301 e. The molecule has 2 heterocycles. The number of aliphatic imine (C=N–C) groups is 2. The standard InChI is InChI=1S/C18H20N4O3/c1-10(2)15-18(23)20-17-13-9-12(22(24)25)7-8-14(13)19-16(21(15)17)11-5-3-4-6-11/h7-11,15H,3-6H2,1-2H3. The van der Waals surface area contributed by atoms with E-state index in [1.165, 1.54) is 12.1 Å². The molecule has 1 amide bonds. The van der Waals surface area contributed by atoms with Crippen molar-refractivity contribution in [2.24, 2.45) is 21.8 Å². The Morgan fingerprint density at radius 2 is 1.96 bits per heavy atom. The van der Waals surface area contributed by atoms with Gasteiger partial charge in [-0.1, -0.05) is 26.7 Å². The summed E-state index contributed by atoms with van der Waals surface area (Å²) in [6.45, 7) is 3.99. The van der Waals surface area contributed by atoms with Gasteiger partial charge >= 0.3 is 0 Å². The monoisotopic (exact) mass is 340 g/mol. The van der Waals surface area contributed by atoms with Crippen molar-refractivity contribution in [2.45, 2.75) is 45.6 Å². The molecule has 1 fully saturated rings. The zero-order chi connectivity index (χ0) is 17.7. The zero-order valence-electron chi connectivity index (χ0n) is 14.3. The number of carbonyl (C=O) groups is 1. The highest BCUT2D eigenvalue weighted by Crippen LogP contribution is 2.39. The predicted octanol–water partition coefficient (Wildman–Crippen LogP) is 3.44. The van der Waals surface area contributed by atoms with Crippen LogP contribution < -0.4 is 0 Å². The van der Waals surface area contributed by atoms with E-state index in [1.54, 1.807) is 6.07 Å². The molecule has 0 spiro atoms. The Hall–Kier alpha value is -2.57. The predicted molar refractivity (Wildman–Crippen MR) is 94.2 cm³/mol. The fourth-order valence-corrected chi connectivity index (χ4v) is 4.05. The van der Waals surface area contributed by atoms with Crippen LogP contribution in [0, 0.1) is 22.0 Å². The topological polar surface area (TPSA) is 88.2 Å². The molecular formula is C18H20N4O3. The van der Waals surface area contributed by atoms with Crippen molar-refractivity contribution >= 4 is 29.0 Å². The number of benzene rings is 1. The molecule has 130 valence electrons. The lowest BCUT2D eigenvalue weighted by atomic mass is 9.96. The van der Waals surface area contributed by atoms with Gasteiger partial charge in [0.2, 0.25) is 0 Å². The molecule has 0 N–H and O–H groups in total. The number of carbonyl (C=O) groups excluding carboxylic acids is 1. The summed E-state index contributed by atoms with van der Waals surface area (Å²) in [5, 5.41) is 11.1. The minimum absolute atomic E-state index is 0.0126. The highest BCUT2D eigenvalue weighted by Gasteiger charge is 2.45. The molecule has 1 saturated carbocycles. The molecule has 25 heavy (non-hydrogen) atoms. The number of amidine groups is 2. The van der Waals surface area contributed by atoms with E-state index in [9.17, 15) is 14.9 Å². The van der Waals surface area contributed by atoms with Crippen LogP contribution in [0.2, 0.25) is 0 Å². The van der Waals surface area contributed by atoms with Crippen LogP contribution in [-0.4, -0.2) is 33.4 Å². The van der Waals surface area contributed by atoms with E-state index in [-0.39, 0.29) is 23.6 Å². The molecule has 1 unspecified atom stereocenters. The van der Waals surface area contributed by atoms with Crippen LogP contribution >= 0.6 is 0 Å². The van der Waals surface area contributed by atoms with E-state index in [0.29, 0.717) is 23.0 Å². The average molecular weight is 340 g/mol. The summed E-state index contributed by atoms with van der Waals surface area (Å²) in [5.74, 6) is 1.65. The fourth-order valence-electron chi connectivity index (χ4n) is 4.05. The first-order chi connectivity index (χ1) is 12.0. The maximum absolute atomic E-state index is 12.6. The molecule has 2 aliphatic heterocycles. The molecule has 0 bridgehead atoms. The lowest BCUT2D eigenvalue weighted by Gasteiger charge is -2.35. The fraction of sp³-hybridized carbons (Fsp3) is 0.500. The van der Waals surface area contributed by atoms with Gasteiger partial charge in [-0.2, -0.15) is 4.99 Å². The summed E-state index contributed by atoms with van der Waals surface area (Å²) in [7, 11) is 0. The van der Waals surface area contributed by atoms with Gasteiger partial charge in [-0.05, 0) is 24.8 Å². The van der Waals surface area contributed by atoms with E-state index < -0.39 is 4.92 Å². The lowest BCUT2D eigenvalue weighted by Crippen LogP contribution is -2.49. The van der Waals surface area contributed by atoms with E-state index in [1.807, 2.05) is 18.7 Å². The maximum Gasteiger partial charge on any atom is 0.271 e. The third-order valence-corrected chi connectivity index (χ3v) is 5.24. The molecular weight excluding hydrogens is 320 g/mol. The number of hydrogen-bond acceptors (Lipinski definition) is 5. The van der Waals surface area contributed by atoms with E-state index >= 15 is 0 Å². The van der Waals surface area contributed by atoms with Crippen molar-refractivity contribution in [3.05, 3.63) is 33.9 Å². The number of fused-ring (bicyclic) bond motifs is 3. The summed E-state index contributed by atoms with van der Waals surface area (Å²) < 4.78 is 0. The molecule has 4 rings (SSSR count). The first-order valence-electron chi connectivity index (χ1n) is 8.76. The molecule has 1 aromatic carbocycles. The summed E-state index contributed by atoms with van der Waals surface area (Å²) >= 11 is 0. The highest BCUT2D eigenvalue weighted by molar-refractivity contribution is 6.23. The van der Waals surface area contributed by atoms with Gasteiger partial charge in [0.15, 0.2) is 0 Å². The van der Waals surface area contributed by atoms with Crippen LogP contribution in [0.4, 0.5) is 11.4 Å². The Morgan fingerprint density at radius 1 is 1.24 bits per heavy atom. The third-order valence-electron chi connectivity index (χ3n) is 5.24. The Labute approximate surface area is 145 Å². The Bertz CT molecular complexity index is 822. The highest BCUT2D eigenvalue weighted by atomic mass is 16.6. The molecule has 0 aromatic heterocycles. The van der Waals surface area contributed by atoms with E-state index in [0.717, 1.165) is 31.5 Å². The smallest absolute Gasteiger partial charge is 0.271 e. The number of nitro benzene ring substituents is 1. The van der Waals surface area contributed by atoms with Gasteiger partial charge in [0, 0.05) is 18.1 Å². The minimum atomic E-state index is -0.432. The summed E-state index contributed by atoms with van der Waals surface area (Å²) in [6.07, 6.45) is 4.45. The number of nitrogens with zero attached hydrogens (tertiary/aromatic N) is 4. The van der Waals surface area contributed by atoms with Crippen molar-refractivity contribution < 1.29 is 9.72 Å². The van der Waals surface area contributed by atoms with Crippen molar-refractivity contribution in [2.75, 3.05) is 0 Å². The summed E-state index contributed by atoms with van der Waals surface area (Å²) in [4.78, 5) is 34.3. The Balaban J connectivity index is 1.89. The number of non-ortho nitro benzene ring substituents is 1. The number of rotatable bonds is 3. The molecule has 1 atom stereocenters. The first-order valence-corrected chi connectivity index (χ1v) is 8.76. The third kappa shape index (κ3) is 2.45. The molecule has 1 aliphatic carbocycles. The van der Waals surface area contributed by atoms with Crippen molar-refractivity contribution in [3.63, 3.8) is 0 Å². The second-order valence-electron chi connectivity index (χ2n) is 7.24. The minimum Gasteiger partial charge on any atom is -0.301 e. The number of hydrogen-bond donors (Lipinski definition) is 0. The van der Waals surface area contributed by atoms with Gasteiger partial charge in [0.25, 0.3) is 11.6 Å². The normalized spacial score (nSPS) is 22.8. The van der Waals surface area contributed by atoms with Crippen LogP contribution in [0.15, 0.2) is 28.2 Å². The van der Waals surface area contributed by atoms with Crippen molar-refractivity contribution in [3.8, 4) is 0 Å². The molecule has 3 aliphatic rings. The van der Waals surface area contributed by atoms with Crippen LogP contribution in [0.1, 0.15) is 45.1 Å². The van der Waals surface area contributed by atoms with Gasteiger partial charge in [0.05, 0.1) is 16.2 Å². The number of amides is 1. The second-order valence-corrected chi connectivity index (χ2v) is 7.24. The van der Waals surface area contributed by atoms with Gasteiger partial charge in [0.1, 0.15) is 17.7 Å². The second kappa shape index (κ2) is 5.75. The van der Waals surface area contributed by atoms with Gasteiger partial charge < -0.3 is 4.90 Å². The van der Waals surface area contributed by atoms with Gasteiger partial charge in [-0.25, -0.2) is 4.99 Å². The van der Waals surface area contributed by atoms with E-state index in [4.69, 9.17) is 4.99 Å².